The molecule has 1 N–H and O–H groups in total. The van der Waals surface area contributed by atoms with Gasteiger partial charge in [-0.05, 0) is 11.5 Å². The number of hydrogen-bond acceptors (Lipinski definition) is 3. The number of aromatic carboxylic acids is 1. The highest BCUT2D eigenvalue weighted by molar-refractivity contribution is 6.00. The lowest BCUT2D eigenvalue weighted by molar-refractivity contribution is 0.0255. The Morgan fingerprint density at radius 1 is 1.15 bits per heavy atom. The van der Waals surface area contributed by atoms with E-state index in [1.807, 2.05) is 30.3 Å². The molecule has 2 aromatic carbocycles. The number of ether oxygens (including phenoxy) is 2. The van der Waals surface area contributed by atoms with E-state index < -0.39 is 5.97 Å². The second kappa shape index (κ2) is 5.51. The van der Waals surface area contributed by atoms with E-state index in [0.29, 0.717) is 19.0 Å². The van der Waals surface area contributed by atoms with Gasteiger partial charge in [0.25, 0.3) is 0 Å². The Balaban J connectivity index is 2.04. The normalized spacial score (nSPS) is 16.2. The SMILES string of the molecule is O=C(O)c1ccc2ccccc2c1OC1CCOCC1. The van der Waals surface area contributed by atoms with E-state index in [4.69, 9.17) is 9.47 Å². The van der Waals surface area contributed by atoms with Gasteiger partial charge in [0.1, 0.15) is 17.4 Å². The summed E-state index contributed by atoms with van der Waals surface area (Å²) in [5.74, 6) is -0.486. The van der Waals surface area contributed by atoms with Crippen LogP contribution in [0.5, 0.6) is 5.75 Å². The molecule has 1 heterocycles. The zero-order chi connectivity index (χ0) is 13.9. The second-order valence-electron chi connectivity index (χ2n) is 4.90. The maximum absolute atomic E-state index is 11.4. The van der Waals surface area contributed by atoms with E-state index in [2.05, 4.69) is 0 Å². The molecule has 0 saturated carbocycles. The van der Waals surface area contributed by atoms with E-state index in [9.17, 15) is 9.90 Å². The minimum Gasteiger partial charge on any atom is -0.489 e. The highest BCUT2D eigenvalue weighted by atomic mass is 16.5. The molecule has 1 saturated heterocycles. The highest BCUT2D eigenvalue weighted by Gasteiger charge is 2.21. The zero-order valence-electron chi connectivity index (χ0n) is 11.0. The molecule has 0 spiro atoms. The van der Waals surface area contributed by atoms with Crippen molar-refractivity contribution in [3.63, 3.8) is 0 Å². The highest BCUT2D eigenvalue weighted by Crippen LogP contribution is 2.32. The Morgan fingerprint density at radius 2 is 1.90 bits per heavy atom. The Labute approximate surface area is 116 Å². The largest absolute Gasteiger partial charge is 0.489 e. The fourth-order valence-electron chi connectivity index (χ4n) is 2.50. The summed E-state index contributed by atoms with van der Waals surface area (Å²) < 4.78 is 11.3. The summed E-state index contributed by atoms with van der Waals surface area (Å²) in [4.78, 5) is 11.4. The van der Waals surface area contributed by atoms with Crippen LogP contribution in [-0.2, 0) is 4.74 Å². The summed E-state index contributed by atoms with van der Waals surface area (Å²) >= 11 is 0. The van der Waals surface area contributed by atoms with E-state index in [-0.39, 0.29) is 11.7 Å². The van der Waals surface area contributed by atoms with Crippen molar-refractivity contribution in [3.8, 4) is 5.75 Å². The fraction of sp³-hybridized carbons (Fsp3) is 0.312. The lowest BCUT2D eigenvalue weighted by Gasteiger charge is -2.24. The van der Waals surface area contributed by atoms with Crippen LogP contribution >= 0.6 is 0 Å². The monoisotopic (exact) mass is 272 g/mol. The van der Waals surface area contributed by atoms with Gasteiger partial charge in [0, 0.05) is 18.2 Å². The smallest absolute Gasteiger partial charge is 0.339 e. The van der Waals surface area contributed by atoms with Crippen LogP contribution in [0.2, 0.25) is 0 Å². The molecule has 4 heteroatoms. The quantitative estimate of drug-likeness (QED) is 0.932. The zero-order valence-corrected chi connectivity index (χ0v) is 11.0. The Bertz CT molecular complexity index is 629. The lowest BCUT2D eigenvalue weighted by Crippen LogP contribution is -2.26. The van der Waals surface area contributed by atoms with Crippen LogP contribution in [0.3, 0.4) is 0 Å². The van der Waals surface area contributed by atoms with Crippen LogP contribution in [0.25, 0.3) is 10.8 Å². The molecule has 2 aromatic rings. The van der Waals surface area contributed by atoms with Gasteiger partial charge in [-0.1, -0.05) is 30.3 Å². The van der Waals surface area contributed by atoms with Gasteiger partial charge in [0.15, 0.2) is 0 Å². The van der Waals surface area contributed by atoms with E-state index in [1.54, 1.807) is 6.07 Å². The molecule has 104 valence electrons. The van der Waals surface area contributed by atoms with Crippen LogP contribution in [0.1, 0.15) is 23.2 Å². The summed E-state index contributed by atoms with van der Waals surface area (Å²) in [6.45, 7) is 1.33. The van der Waals surface area contributed by atoms with E-state index in [1.165, 1.54) is 0 Å². The molecule has 20 heavy (non-hydrogen) atoms. The topological polar surface area (TPSA) is 55.8 Å². The summed E-state index contributed by atoms with van der Waals surface area (Å²) in [7, 11) is 0. The molecule has 0 radical (unpaired) electrons. The third kappa shape index (κ3) is 2.47. The maximum atomic E-state index is 11.4. The number of rotatable bonds is 3. The second-order valence-corrected chi connectivity index (χ2v) is 4.90. The molecule has 1 aliphatic heterocycles. The predicted octanol–water partition coefficient (Wildman–Crippen LogP) is 3.10. The Morgan fingerprint density at radius 3 is 2.65 bits per heavy atom. The summed E-state index contributed by atoms with van der Waals surface area (Å²) in [5, 5.41) is 11.2. The van der Waals surface area contributed by atoms with Gasteiger partial charge in [-0.15, -0.1) is 0 Å². The molecule has 1 aliphatic rings. The number of carbonyl (C=O) groups is 1. The summed E-state index contributed by atoms with van der Waals surface area (Å²) in [5.41, 5.74) is 0.218. The predicted molar refractivity (Wildman–Crippen MR) is 75.4 cm³/mol. The van der Waals surface area contributed by atoms with Crippen molar-refractivity contribution in [1.82, 2.24) is 0 Å². The van der Waals surface area contributed by atoms with Gasteiger partial charge >= 0.3 is 5.97 Å². The van der Waals surface area contributed by atoms with Crippen LogP contribution in [0.4, 0.5) is 0 Å². The van der Waals surface area contributed by atoms with Crippen LogP contribution in [0, 0.1) is 0 Å². The first-order valence-corrected chi connectivity index (χ1v) is 6.75. The molecule has 4 nitrogen and oxygen atoms in total. The van der Waals surface area contributed by atoms with Gasteiger partial charge in [-0.2, -0.15) is 0 Å². The standard InChI is InChI=1S/C16H16O4/c17-16(18)14-6-5-11-3-1-2-4-13(11)15(14)20-12-7-9-19-10-8-12/h1-6,12H,7-10H2,(H,17,18). The minimum atomic E-state index is -0.960. The van der Waals surface area contributed by atoms with E-state index in [0.717, 1.165) is 23.6 Å². The molecule has 1 fully saturated rings. The molecule has 0 aromatic heterocycles. The van der Waals surface area contributed by atoms with Crippen molar-refractivity contribution in [2.45, 2.75) is 18.9 Å². The van der Waals surface area contributed by atoms with E-state index >= 15 is 0 Å². The molecule has 0 bridgehead atoms. The first-order valence-electron chi connectivity index (χ1n) is 6.75. The van der Waals surface area contributed by atoms with Crippen molar-refractivity contribution in [2.75, 3.05) is 13.2 Å². The third-order valence-electron chi connectivity index (χ3n) is 3.56. The number of hydrogen-bond donors (Lipinski definition) is 1. The average molecular weight is 272 g/mol. The number of fused-ring (bicyclic) bond motifs is 1. The van der Waals surface area contributed by atoms with Crippen LogP contribution < -0.4 is 4.74 Å². The molecule has 0 atom stereocenters. The first kappa shape index (κ1) is 12.9. The first-order chi connectivity index (χ1) is 9.75. The Hall–Kier alpha value is -2.07. The van der Waals surface area contributed by atoms with Gasteiger partial charge in [-0.25, -0.2) is 4.79 Å². The van der Waals surface area contributed by atoms with Crippen molar-refractivity contribution >= 4 is 16.7 Å². The van der Waals surface area contributed by atoms with Crippen LogP contribution in [0.15, 0.2) is 36.4 Å². The van der Waals surface area contributed by atoms with Gasteiger partial charge in [0.05, 0.1) is 13.2 Å². The molecule has 0 amide bonds. The minimum absolute atomic E-state index is 0.0210. The summed E-state index contributed by atoms with van der Waals surface area (Å²) in [6.07, 6.45) is 1.61. The number of carboxylic acid groups (broad SMARTS) is 1. The molecule has 0 unspecified atom stereocenters. The third-order valence-corrected chi connectivity index (χ3v) is 3.56. The number of benzene rings is 2. The van der Waals surface area contributed by atoms with Gasteiger partial charge < -0.3 is 14.6 Å². The van der Waals surface area contributed by atoms with Crippen molar-refractivity contribution in [1.29, 1.82) is 0 Å². The van der Waals surface area contributed by atoms with Crippen LogP contribution in [-0.4, -0.2) is 30.4 Å². The van der Waals surface area contributed by atoms with Crippen molar-refractivity contribution in [2.24, 2.45) is 0 Å². The Kier molecular flexibility index (Phi) is 3.56. The molecule has 3 rings (SSSR count). The molecular formula is C16H16O4. The molecular weight excluding hydrogens is 256 g/mol. The fourth-order valence-corrected chi connectivity index (χ4v) is 2.50. The number of carboxylic acids is 1. The average Bonchev–Trinajstić information content (AvgIpc) is 2.48. The van der Waals surface area contributed by atoms with Crippen molar-refractivity contribution < 1.29 is 19.4 Å². The van der Waals surface area contributed by atoms with Gasteiger partial charge in [-0.3, -0.25) is 0 Å². The maximum Gasteiger partial charge on any atom is 0.339 e. The summed E-state index contributed by atoms with van der Waals surface area (Å²) in [6, 6.07) is 11.1. The van der Waals surface area contributed by atoms with Gasteiger partial charge in [0.2, 0.25) is 0 Å². The molecule has 0 aliphatic carbocycles. The lowest BCUT2D eigenvalue weighted by atomic mass is 10.0. The van der Waals surface area contributed by atoms with Crippen molar-refractivity contribution in [3.05, 3.63) is 42.0 Å².